The van der Waals surface area contributed by atoms with Crippen LogP contribution in [-0.2, 0) is 10.2 Å². The Labute approximate surface area is 108 Å². The van der Waals surface area contributed by atoms with Crippen LogP contribution < -0.4 is 0 Å². The summed E-state index contributed by atoms with van der Waals surface area (Å²) in [6.45, 7) is 5.88. The topological polar surface area (TPSA) is 29.5 Å². The van der Waals surface area contributed by atoms with E-state index in [1.807, 2.05) is 12.1 Å². The van der Waals surface area contributed by atoms with Crippen LogP contribution in [0.1, 0.15) is 19.4 Å². The highest BCUT2D eigenvalue weighted by molar-refractivity contribution is 6.30. The number of aliphatic hydroxyl groups excluding tert-OH is 1. The number of benzene rings is 1. The zero-order valence-corrected chi connectivity index (χ0v) is 11.1. The Balaban J connectivity index is 2.33. The van der Waals surface area contributed by atoms with Crippen molar-refractivity contribution in [2.45, 2.75) is 19.3 Å². The molecule has 0 saturated carbocycles. The first-order valence-electron chi connectivity index (χ1n) is 6.05. The highest BCUT2D eigenvalue weighted by Gasteiger charge is 2.47. The van der Waals surface area contributed by atoms with Gasteiger partial charge in [-0.1, -0.05) is 37.6 Å². The van der Waals surface area contributed by atoms with E-state index in [2.05, 4.69) is 26.0 Å². The molecule has 0 aromatic heterocycles. The predicted octanol–water partition coefficient (Wildman–Crippen LogP) is 2.87. The molecule has 0 aliphatic carbocycles. The number of halogens is 1. The van der Waals surface area contributed by atoms with Gasteiger partial charge in [-0.15, -0.1) is 0 Å². The largest absolute Gasteiger partial charge is 0.396 e. The minimum Gasteiger partial charge on any atom is -0.396 e. The molecule has 0 radical (unpaired) electrons. The highest BCUT2D eigenvalue weighted by Crippen LogP contribution is 2.42. The minimum absolute atomic E-state index is 0.0342. The summed E-state index contributed by atoms with van der Waals surface area (Å²) in [5, 5.41) is 10.4. The second-order valence-electron chi connectivity index (χ2n) is 5.19. The normalized spacial score (nSPS) is 20.1. The van der Waals surface area contributed by atoms with Gasteiger partial charge in [-0.05, 0) is 29.5 Å². The molecule has 1 aromatic carbocycles. The van der Waals surface area contributed by atoms with Gasteiger partial charge >= 0.3 is 0 Å². The molecule has 0 spiro atoms. The van der Waals surface area contributed by atoms with Gasteiger partial charge in [-0.3, -0.25) is 0 Å². The van der Waals surface area contributed by atoms with Gasteiger partial charge in [-0.25, -0.2) is 0 Å². The molecule has 1 unspecified atom stereocenters. The van der Waals surface area contributed by atoms with E-state index in [1.54, 1.807) is 0 Å². The van der Waals surface area contributed by atoms with E-state index >= 15 is 0 Å². The zero-order chi connectivity index (χ0) is 12.5. The van der Waals surface area contributed by atoms with E-state index in [-0.39, 0.29) is 17.9 Å². The molecule has 1 heterocycles. The number of hydrogen-bond donors (Lipinski definition) is 1. The number of rotatable bonds is 4. The molecule has 1 fully saturated rings. The Bertz CT molecular complexity index is 368. The molecule has 17 heavy (non-hydrogen) atoms. The summed E-state index contributed by atoms with van der Waals surface area (Å²) < 4.78 is 5.41. The van der Waals surface area contributed by atoms with Crippen molar-refractivity contribution in [1.29, 1.82) is 0 Å². The lowest BCUT2D eigenvalue weighted by Crippen LogP contribution is -2.55. The summed E-state index contributed by atoms with van der Waals surface area (Å²) in [6, 6.07) is 7.92. The molecule has 1 N–H and O–H groups in total. The van der Waals surface area contributed by atoms with Crippen molar-refractivity contribution in [1.82, 2.24) is 0 Å². The van der Waals surface area contributed by atoms with Crippen LogP contribution in [0.3, 0.4) is 0 Å². The van der Waals surface area contributed by atoms with Gasteiger partial charge in [0.15, 0.2) is 0 Å². The first-order chi connectivity index (χ1) is 8.10. The SMILES string of the molecule is CC(C)C(CO)C1(c2ccc(Cl)cc2)COC1. The van der Waals surface area contributed by atoms with E-state index in [1.165, 1.54) is 5.56 Å². The standard InChI is InChI=1S/C14H19ClO2/c1-10(2)13(7-16)14(8-17-9-14)11-3-5-12(15)6-4-11/h3-6,10,13,16H,7-9H2,1-2H3. The maximum atomic E-state index is 9.63. The zero-order valence-electron chi connectivity index (χ0n) is 10.3. The van der Waals surface area contributed by atoms with Crippen LogP contribution in [0, 0.1) is 11.8 Å². The highest BCUT2D eigenvalue weighted by atomic mass is 35.5. The minimum atomic E-state index is -0.0342. The molecule has 2 nitrogen and oxygen atoms in total. The molecule has 3 heteroatoms. The van der Waals surface area contributed by atoms with Crippen molar-refractivity contribution >= 4 is 11.6 Å². The molecule has 1 aromatic rings. The summed E-state index contributed by atoms with van der Waals surface area (Å²) in [7, 11) is 0. The molecular formula is C14H19ClO2. The molecule has 0 bridgehead atoms. The summed E-state index contributed by atoms with van der Waals surface area (Å²) in [4.78, 5) is 0. The van der Waals surface area contributed by atoms with Gasteiger partial charge in [0.1, 0.15) is 0 Å². The fraction of sp³-hybridized carbons (Fsp3) is 0.571. The summed E-state index contributed by atoms with van der Waals surface area (Å²) in [5.74, 6) is 0.664. The molecule has 1 atom stereocenters. The van der Waals surface area contributed by atoms with Gasteiger partial charge in [-0.2, -0.15) is 0 Å². The lowest BCUT2D eigenvalue weighted by molar-refractivity contribution is -0.111. The van der Waals surface area contributed by atoms with Crippen LogP contribution in [0.4, 0.5) is 0 Å². The van der Waals surface area contributed by atoms with Crippen molar-refractivity contribution in [3.05, 3.63) is 34.9 Å². The van der Waals surface area contributed by atoms with Crippen molar-refractivity contribution in [3.8, 4) is 0 Å². The van der Waals surface area contributed by atoms with Crippen molar-refractivity contribution in [2.24, 2.45) is 11.8 Å². The van der Waals surface area contributed by atoms with Crippen LogP contribution in [0.15, 0.2) is 24.3 Å². The second kappa shape index (κ2) is 4.97. The van der Waals surface area contributed by atoms with Crippen LogP contribution in [-0.4, -0.2) is 24.9 Å². The third-order valence-corrected chi connectivity index (χ3v) is 4.10. The lowest BCUT2D eigenvalue weighted by Gasteiger charge is -2.48. The Morgan fingerprint density at radius 3 is 2.24 bits per heavy atom. The quantitative estimate of drug-likeness (QED) is 0.895. The number of hydrogen-bond acceptors (Lipinski definition) is 2. The summed E-state index contributed by atoms with van der Waals surface area (Å²) in [6.07, 6.45) is 0. The van der Waals surface area contributed by atoms with Crippen molar-refractivity contribution < 1.29 is 9.84 Å². The van der Waals surface area contributed by atoms with Crippen molar-refractivity contribution in [2.75, 3.05) is 19.8 Å². The van der Waals surface area contributed by atoms with E-state index in [0.29, 0.717) is 19.1 Å². The molecule has 1 aliphatic rings. The van der Waals surface area contributed by atoms with Gasteiger partial charge in [0.25, 0.3) is 0 Å². The number of aliphatic hydroxyl groups is 1. The summed E-state index contributed by atoms with van der Waals surface area (Å²) in [5.41, 5.74) is 1.19. The average Bonchev–Trinajstić information content (AvgIpc) is 2.24. The Kier molecular flexibility index (Phi) is 3.76. The number of ether oxygens (including phenoxy) is 1. The lowest BCUT2D eigenvalue weighted by atomic mass is 9.65. The maximum Gasteiger partial charge on any atom is 0.0589 e. The third kappa shape index (κ3) is 2.22. The van der Waals surface area contributed by atoms with Crippen LogP contribution in [0.2, 0.25) is 5.02 Å². The monoisotopic (exact) mass is 254 g/mol. The van der Waals surface area contributed by atoms with E-state index in [9.17, 15) is 5.11 Å². The second-order valence-corrected chi connectivity index (χ2v) is 5.63. The fourth-order valence-electron chi connectivity index (χ4n) is 2.72. The van der Waals surface area contributed by atoms with Crippen molar-refractivity contribution in [3.63, 3.8) is 0 Å². The Morgan fingerprint density at radius 1 is 1.29 bits per heavy atom. The van der Waals surface area contributed by atoms with E-state index in [4.69, 9.17) is 16.3 Å². The fourth-order valence-corrected chi connectivity index (χ4v) is 2.85. The molecule has 94 valence electrons. The average molecular weight is 255 g/mol. The maximum absolute atomic E-state index is 9.63. The van der Waals surface area contributed by atoms with Gasteiger partial charge in [0.2, 0.25) is 0 Å². The van der Waals surface area contributed by atoms with Crippen LogP contribution in [0.5, 0.6) is 0 Å². The first kappa shape index (κ1) is 12.9. The van der Waals surface area contributed by atoms with Crippen LogP contribution >= 0.6 is 11.6 Å². The smallest absolute Gasteiger partial charge is 0.0589 e. The molecule has 1 aliphatic heterocycles. The predicted molar refractivity (Wildman–Crippen MR) is 69.4 cm³/mol. The van der Waals surface area contributed by atoms with Gasteiger partial charge in [0.05, 0.1) is 13.2 Å². The van der Waals surface area contributed by atoms with Gasteiger partial charge < -0.3 is 9.84 Å². The van der Waals surface area contributed by atoms with Crippen LogP contribution in [0.25, 0.3) is 0 Å². The molecule has 0 amide bonds. The molecule has 2 rings (SSSR count). The molecule has 1 saturated heterocycles. The Morgan fingerprint density at radius 2 is 1.88 bits per heavy atom. The Hall–Kier alpha value is -0.570. The molecular weight excluding hydrogens is 236 g/mol. The van der Waals surface area contributed by atoms with E-state index in [0.717, 1.165) is 5.02 Å². The third-order valence-electron chi connectivity index (χ3n) is 3.85. The van der Waals surface area contributed by atoms with E-state index < -0.39 is 0 Å². The van der Waals surface area contributed by atoms with Gasteiger partial charge in [0, 0.05) is 17.0 Å². The summed E-state index contributed by atoms with van der Waals surface area (Å²) >= 11 is 5.92. The first-order valence-corrected chi connectivity index (χ1v) is 6.42.